The molecule has 0 unspecified atom stereocenters. The third-order valence-electron chi connectivity index (χ3n) is 3.54. The summed E-state index contributed by atoms with van der Waals surface area (Å²) in [4.78, 5) is 0. The Balaban J connectivity index is 2.26. The summed E-state index contributed by atoms with van der Waals surface area (Å²) in [6.07, 6.45) is -3.54. The van der Waals surface area contributed by atoms with Crippen LogP contribution >= 0.6 is 0 Å². The number of alkyl halides is 3. The molecule has 1 nitrogen and oxygen atoms in total. The Morgan fingerprint density at radius 2 is 1.68 bits per heavy atom. The van der Waals surface area contributed by atoms with E-state index in [0.717, 1.165) is 18.2 Å². The van der Waals surface area contributed by atoms with Crippen LogP contribution in [0.2, 0.25) is 0 Å². The molecule has 1 aliphatic rings. The molecule has 0 N–H and O–H groups in total. The van der Waals surface area contributed by atoms with Crippen LogP contribution in [0.5, 0.6) is 5.75 Å². The lowest BCUT2D eigenvalue weighted by Crippen LogP contribution is -2.12. The quantitative estimate of drug-likeness (QED) is 0.675. The Morgan fingerprint density at radius 3 is 2.41 bits per heavy atom. The first-order valence-electron chi connectivity index (χ1n) is 6.68. The summed E-state index contributed by atoms with van der Waals surface area (Å²) in [5, 5.41) is 0. The van der Waals surface area contributed by atoms with Crippen LogP contribution in [-0.4, -0.2) is 6.61 Å². The summed E-state index contributed by atoms with van der Waals surface area (Å²) in [5.41, 5.74) is -0.901. The fourth-order valence-corrected chi connectivity index (χ4v) is 2.63. The minimum absolute atomic E-state index is 0.00188. The largest absolute Gasteiger partial charge is 0.493 e. The van der Waals surface area contributed by atoms with E-state index in [1.165, 1.54) is 6.07 Å². The van der Waals surface area contributed by atoms with Crippen molar-refractivity contribution >= 4 is 0 Å². The van der Waals surface area contributed by atoms with E-state index in [9.17, 15) is 22.0 Å². The highest BCUT2D eigenvalue weighted by Gasteiger charge is 2.35. The molecule has 0 fully saturated rings. The zero-order valence-corrected chi connectivity index (χ0v) is 11.3. The van der Waals surface area contributed by atoms with Gasteiger partial charge < -0.3 is 4.74 Å². The molecule has 116 valence electrons. The summed E-state index contributed by atoms with van der Waals surface area (Å²) in [6, 6.07) is 4.59. The Kier molecular flexibility index (Phi) is 3.54. The van der Waals surface area contributed by atoms with E-state index in [1.807, 2.05) is 0 Å². The minimum Gasteiger partial charge on any atom is -0.493 e. The topological polar surface area (TPSA) is 9.23 Å². The predicted octanol–water partition coefficient (Wildman–Crippen LogP) is 4.98. The van der Waals surface area contributed by atoms with Crippen LogP contribution < -0.4 is 4.74 Å². The molecule has 0 saturated heterocycles. The molecule has 1 aliphatic heterocycles. The van der Waals surface area contributed by atoms with E-state index in [1.54, 1.807) is 0 Å². The highest BCUT2D eigenvalue weighted by atomic mass is 19.4. The smallest absolute Gasteiger partial charge is 0.417 e. The van der Waals surface area contributed by atoms with Crippen LogP contribution in [0.25, 0.3) is 11.1 Å². The van der Waals surface area contributed by atoms with Crippen molar-refractivity contribution in [2.75, 3.05) is 6.61 Å². The molecule has 0 amide bonds. The number of ether oxygens (including phenoxy) is 1. The summed E-state index contributed by atoms with van der Waals surface area (Å²) < 4.78 is 71.8. The van der Waals surface area contributed by atoms with Gasteiger partial charge in [-0.05, 0) is 48.2 Å². The van der Waals surface area contributed by atoms with Crippen LogP contribution in [0.4, 0.5) is 22.0 Å². The molecule has 0 saturated carbocycles. The molecular weight excluding hydrogens is 303 g/mol. The lowest BCUT2D eigenvalue weighted by atomic mass is 9.94. The van der Waals surface area contributed by atoms with Crippen LogP contribution in [-0.2, 0) is 12.6 Å². The van der Waals surface area contributed by atoms with Crippen LogP contribution in [0, 0.1) is 11.6 Å². The van der Waals surface area contributed by atoms with E-state index in [-0.39, 0.29) is 16.9 Å². The number of halogens is 5. The van der Waals surface area contributed by atoms with Gasteiger partial charge in [0, 0.05) is 5.56 Å². The zero-order valence-electron chi connectivity index (χ0n) is 11.3. The van der Waals surface area contributed by atoms with Crippen LogP contribution in [0.3, 0.4) is 0 Å². The van der Waals surface area contributed by atoms with Gasteiger partial charge in [0.25, 0.3) is 0 Å². The number of fused-ring (bicyclic) bond motifs is 1. The Labute approximate surface area is 123 Å². The SMILES string of the molecule is Fc1cc2c(c(-c3ccc(F)cc3C(F)(F)F)c1)OCCC2. The van der Waals surface area contributed by atoms with Gasteiger partial charge in [-0.1, -0.05) is 6.07 Å². The monoisotopic (exact) mass is 314 g/mol. The zero-order chi connectivity index (χ0) is 15.9. The maximum Gasteiger partial charge on any atom is 0.417 e. The Bertz CT molecular complexity index is 721. The Morgan fingerprint density at radius 1 is 0.909 bits per heavy atom. The molecule has 6 heteroatoms. The number of hydrogen-bond donors (Lipinski definition) is 0. The molecule has 0 aliphatic carbocycles. The van der Waals surface area contributed by atoms with Gasteiger partial charge in [-0.3, -0.25) is 0 Å². The van der Waals surface area contributed by atoms with E-state index >= 15 is 0 Å². The summed E-state index contributed by atoms with van der Waals surface area (Å²) in [7, 11) is 0. The fourth-order valence-electron chi connectivity index (χ4n) is 2.63. The van der Waals surface area contributed by atoms with Gasteiger partial charge in [0.15, 0.2) is 0 Å². The summed E-state index contributed by atoms with van der Waals surface area (Å²) in [6.45, 7) is 0.355. The lowest BCUT2D eigenvalue weighted by molar-refractivity contribution is -0.137. The number of aryl methyl sites for hydroxylation is 1. The molecule has 0 spiro atoms. The first-order valence-corrected chi connectivity index (χ1v) is 6.68. The van der Waals surface area contributed by atoms with Gasteiger partial charge in [-0.25, -0.2) is 8.78 Å². The first kappa shape index (κ1) is 14.8. The highest BCUT2D eigenvalue weighted by Crippen LogP contribution is 2.43. The van der Waals surface area contributed by atoms with Crippen molar-refractivity contribution in [3.8, 4) is 16.9 Å². The molecule has 0 bridgehead atoms. The molecule has 0 radical (unpaired) electrons. The molecule has 2 aromatic rings. The highest BCUT2D eigenvalue weighted by molar-refractivity contribution is 5.76. The predicted molar refractivity (Wildman–Crippen MR) is 70.6 cm³/mol. The third kappa shape index (κ3) is 2.65. The lowest BCUT2D eigenvalue weighted by Gasteiger charge is -2.22. The average Bonchev–Trinajstić information content (AvgIpc) is 2.45. The van der Waals surface area contributed by atoms with E-state index in [4.69, 9.17) is 4.74 Å². The van der Waals surface area contributed by atoms with Crippen LogP contribution in [0.1, 0.15) is 17.5 Å². The van der Waals surface area contributed by atoms with Crippen molar-refractivity contribution in [1.29, 1.82) is 0 Å². The average molecular weight is 314 g/mol. The van der Waals surface area contributed by atoms with Gasteiger partial charge in [0.2, 0.25) is 0 Å². The van der Waals surface area contributed by atoms with Crippen molar-refractivity contribution in [2.24, 2.45) is 0 Å². The summed E-state index contributed by atoms with van der Waals surface area (Å²) >= 11 is 0. The molecule has 2 aromatic carbocycles. The van der Waals surface area contributed by atoms with Gasteiger partial charge in [0.05, 0.1) is 12.2 Å². The third-order valence-corrected chi connectivity index (χ3v) is 3.54. The van der Waals surface area contributed by atoms with Crippen LogP contribution in [0.15, 0.2) is 30.3 Å². The van der Waals surface area contributed by atoms with E-state index in [2.05, 4.69) is 0 Å². The van der Waals surface area contributed by atoms with Gasteiger partial charge >= 0.3 is 6.18 Å². The second kappa shape index (κ2) is 5.26. The van der Waals surface area contributed by atoms with Crippen molar-refractivity contribution in [1.82, 2.24) is 0 Å². The van der Waals surface area contributed by atoms with E-state index < -0.39 is 23.4 Å². The second-order valence-corrected chi connectivity index (χ2v) is 5.08. The molecule has 3 rings (SSSR count). The number of benzene rings is 2. The van der Waals surface area contributed by atoms with Crippen molar-refractivity contribution in [2.45, 2.75) is 19.0 Å². The van der Waals surface area contributed by atoms with Gasteiger partial charge in [-0.15, -0.1) is 0 Å². The maximum absolute atomic E-state index is 13.7. The maximum atomic E-state index is 13.7. The fraction of sp³-hybridized carbons (Fsp3) is 0.250. The second-order valence-electron chi connectivity index (χ2n) is 5.08. The molecular formula is C16H11F5O. The van der Waals surface area contributed by atoms with Gasteiger partial charge in [-0.2, -0.15) is 13.2 Å². The minimum atomic E-state index is -4.74. The molecule has 0 aromatic heterocycles. The van der Waals surface area contributed by atoms with Crippen molar-refractivity contribution in [3.05, 3.63) is 53.1 Å². The number of rotatable bonds is 1. The Hall–Kier alpha value is -2.11. The summed E-state index contributed by atoms with van der Waals surface area (Å²) in [5.74, 6) is -1.40. The standard InChI is InChI=1S/C16H11F5O/c17-10-3-4-12(14(8-10)16(19,20)21)13-7-11(18)6-9-2-1-5-22-15(9)13/h3-4,6-8H,1-2,5H2. The van der Waals surface area contributed by atoms with Crippen molar-refractivity contribution < 1.29 is 26.7 Å². The van der Waals surface area contributed by atoms with Crippen molar-refractivity contribution in [3.63, 3.8) is 0 Å². The van der Waals surface area contributed by atoms with Gasteiger partial charge in [0.1, 0.15) is 17.4 Å². The molecule has 1 heterocycles. The molecule has 22 heavy (non-hydrogen) atoms. The molecule has 0 atom stereocenters. The number of hydrogen-bond acceptors (Lipinski definition) is 1. The van der Waals surface area contributed by atoms with E-state index in [0.29, 0.717) is 31.1 Å². The first-order chi connectivity index (χ1) is 10.4. The normalized spacial score (nSPS) is 14.4.